The lowest BCUT2D eigenvalue weighted by Crippen LogP contribution is -2.14. The average Bonchev–Trinajstić information content (AvgIpc) is 2.47. The Morgan fingerprint density at radius 1 is 1.24 bits per heavy atom. The third kappa shape index (κ3) is 3.97. The summed E-state index contributed by atoms with van der Waals surface area (Å²) in [4.78, 5) is 11.4. The summed E-state index contributed by atoms with van der Waals surface area (Å²) < 4.78 is 5.85. The number of hydrogen-bond donors (Lipinski definition) is 2. The number of benzene rings is 2. The summed E-state index contributed by atoms with van der Waals surface area (Å²) in [7, 11) is 0. The predicted molar refractivity (Wildman–Crippen MR) is 83.9 cm³/mol. The molecule has 0 saturated carbocycles. The summed E-state index contributed by atoms with van der Waals surface area (Å²) in [5, 5.41) is 3.80. The number of ether oxygens (including phenoxy) is 1. The van der Waals surface area contributed by atoms with Crippen LogP contribution in [0.1, 0.15) is 22.8 Å². The van der Waals surface area contributed by atoms with Crippen LogP contribution in [-0.4, -0.2) is 12.5 Å². The molecular weight excluding hydrogens is 288 g/mol. The van der Waals surface area contributed by atoms with Crippen molar-refractivity contribution in [2.75, 3.05) is 6.54 Å². The molecule has 0 saturated heterocycles. The lowest BCUT2D eigenvalue weighted by atomic mass is 10.1. The first-order chi connectivity index (χ1) is 10.1. The van der Waals surface area contributed by atoms with E-state index in [0.29, 0.717) is 28.6 Å². The van der Waals surface area contributed by atoms with Crippen molar-refractivity contribution < 1.29 is 9.53 Å². The Bertz CT molecular complexity index is 644. The van der Waals surface area contributed by atoms with E-state index in [1.165, 1.54) is 0 Å². The minimum atomic E-state index is -0.527. The van der Waals surface area contributed by atoms with Crippen molar-refractivity contribution in [3.63, 3.8) is 0 Å². The largest absolute Gasteiger partial charge is 0.456 e. The van der Waals surface area contributed by atoms with Crippen molar-refractivity contribution in [1.82, 2.24) is 5.32 Å². The molecule has 2 aromatic rings. The van der Waals surface area contributed by atoms with Crippen molar-refractivity contribution in [2.24, 2.45) is 5.73 Å². The molecule has 0 fully saturated rings. The van der Waals surface area contributed by atoms with Crippen LogP contribution in [0.3, 0.4) is 0 Å². The van der Waals surface area contributed by atoms with Gasteiger partial charge in [-0.1, -0.05) is 36.7 Å². The Morgan fingerprint density at radius 2 is 2.00 bits per heavy atom. The molecule has 3 N–H and O–H groups in total. The van der Waals surface area contributed by atoms with E-state index in [-0.39, 0.29) is 0 Å². The predicted octanol–water partition coefficient (Wildman–Crippen LogP) is 3.34. The van der Waals surface area contributed by atoms with Gasteiger partial charge in [0.1, 0.15) is 11.5 Å². The zero-order valence-corrected chi connectivity index (χ0v) is 12.5. The summed E-state index contributed by atoms with van der Waals surface area (Å²) >= 11 is 6.03. The molecule has 0 heterocycles. The molecule has 2 aromatic carbocycles. The summed E-state index contributed by atoms with van der Waals surface area (Å²) in [6.45, 7) is 3.53. The molecule has 0 aliphatic rings. The number of carbonyl (C=O) groups excluding carboxylic acids is 1. The van der Waals surface area contributed by atoms with Crippen molar-refractivity contribution in [1.29, 1.82) is 0 Å². The number of rotatable bonds is 6. The van der Waals surface area contributed by atoms with Gasteiger partial charge in [0, 0.05) is 17.1 Å². The van der Waals surface area contributed by atoms with Crippen LogP contribution in [0.2, 0.25) is 5.02 Å². The number of carbonyl (C=O) groups is 1. The van der Waals surface area contributed by atoms with Crippen LogP contribution in [0, 0.1) is 0 Å². The highest BCUT2D eigenvalue weighted by molar-refractivity contribution is 6.30. The Balaban J connectivity index is 2.34. The van der Waals surface area contributed by atoms with Crippen molar-refractivity contribution >= 4 is 17.5 Å². The quantitative estimate of drug-likeness (QED) is 0.860. The molecule has 0 unspecified atom stereocenters. The number of amides is 1. The Labute approximate surface area is 128 Å². The maximum Gasteiger partial charge on any atom is 0.252 e. The van der Waals surface area contributed by atoms with E-state index in [9.17, 15) is 4.79 Å². The Hall–Kier alpha value is -2.04. The number of halogens is 1. The third-order valence-electron chi connectivity index (χ3n) is 2.97. The number of hydrogen-bond acceptors (Lipinski definition) is 3. The zero-order valence-electron chi connectivity index (χ0n) is 11.7. The molecule has 0 aromatic heterocycles. The highest BCUT2D eigenvalue weighted by Crippen LogP contribution is 2.30. The lowest BCUT2D eigenvalue weighted by Gasteiger charge is -2.13. The molecule has 0 atom stereocenters. The number of para-hydroxylation sites is 1. The van der Waals surface area contributed by atoms with Gasteiger partial charge < -0.3 is 15.8 Å². The van der Waals surface area contributed by atoms with Crippen LogP contribution in [0.25, 0.3) is 0 Å². The molecule has 21 heavy (non-hydrogen) atoms. The van der Waals surface area contributed by atoms with Gasteiger partial charge in [-0.2, -0.15) is 0 Å². The molecule has 2 rings (SSSR count). The minimum absolute atomic E-state index is 0.340. The lowest BCUT2D eigenvalue weighted by molar-refractivity contribution is 0.0998. The Kier molecular flexibility index (Phi) is 5.20. The highest BCUT2D eigenvalue weighted by Gasteiger charge is 2.12. The average molecular weight is 305 g/mol. The molecule has 110 valence electrons. The summed E-state index contributed by atoms with van der Waals surface area (Å²) in [6, 6.07) is 12.3. The van der Waals surface area contributed by atoms with E-state index in [1.54, 1.807) is 36.4 Å². The fraction of sp³-hybridized carbons (Fsp3) is 0.188. The Morgan fingerprint density at radius 3 is 2.71 bits per heavy atom. The zero-order chi connectivity index (χ0) is 15.2. The maximum absolute atomic E-state index is 11.4. The second-order valence-corrected chi connectivity index (χ2v) is 4.93. The van der Waals surface area contributed by atoms with Gasteiger partial charge in [-0.05, 0) is 30.8 Å². The second-order valence-electron chi connectivity index (χ2n) is 4.49. The second kappa shape index (κ2) is 7.11. The normalized spacial score (nSPS) is 10.4. The van der Waals surface area contributed by atoms with Crippen LogP contribution in [-0.2, 0) is 6.54 Å². The van der Waals surface area contributed by atoms with E-state index in [0.717, 1.165) is 12.1 Å². The van der Waals surface area contributed by atoms with Gasteiger partial charge in [-0.15, -0.1) is 0 Å². The van der Waals surface area contributed by atoms with Crippen molar-refractivity contribution in [3.8, 4) is 11.5 Å². The van der Waals surface area contributed by atoms with Crippen LogP contribution < -0.4 is 15.8 Å². The van der Waals surface area contributed by atoms with Crippen molar-refractivity contribution in [3.05, 3.63) is 58.6 Å². The van der Waals surface area contributed by atoms with Crippen molar-refractivity contribution in [2.45, 2.75) is 13.5 Å². The fourth-order valence-electron chi connectivity index (χ4n) is 1.91. The molecule has 0 aliphatic carbocycles. The van der Waals surface area contributed by atoms with Crippen LogP contribution >= 0.6 is 11.6 Å². The summed E-state index contributed by atoms with van der Waals surface area (Å²) in [5.41, 5.74) is 6.66. The molecule has 5 heteroatoms. The summed E-state index contributed by atoms with van der Waals surface area (Å²) in [6.07, 6.45) is 0. The molecular formula is C16H17ClN2O2. The van der Waals surface area contributed by atoms with Gasteiger partial charge in [-0.3, -0.25) is 4.79 Å². The molecule has 4 nitrogen and oxygen atoms in total. The first-order valence-electron chi connectivity index (χ1n) is 6.67. The molecule has 0 spiro atoms. The molecule has 0 radical (unpaired) electrons. The monoisotopic (exact) mass is 304 g/mol. The van der Waals surface area contributed by atoms with Gasteiger partial charge in [-0.25, -0.2) is 0 Å². The molecule has 0 bridgehead atoms. The topological polar surface area (TPSA) is 64.3 Å². The maximum atomic E-state index is 11.4. The molecule has 0 aliphatic heterocycles. The van der Waals surface area contributed by atoms with Crippen LogP contribution in [0.15, 0.2) is 42.5 Å². The first-order valence-corrected chi connectivity index (χ1v) is 7.05. The van der Waals surface area contributed by atoms with Crippen LogP contribution in [0.4, 0.5) is 0 Å². The van der Waals surface area contributed by atoms with E-state index in [2.05, 4.69) is 5.32 Å². The fourth-order valence-corrected chi connectivity index (χ4v) is 2.07. The van der Waals surface area contributed by atoms with E-state index >= 15 is 0 Å². The van der Waals surface area contributed by atoms with E-state index < -0.39 is 5.91 Å². The van der Waals surface area contributed by atoms with Gasteiger partial charge in [0.05, 0.1) is 5.56 Å². The molecule has 1 amide bonds. The van der Waals surface area contributed by atoms with Gasteiger partial charge in [0.15, 0.2) is 0 Å². The first kappa shape index (κ1) is 15.4. The number of nitrogens with one attached hydrogen (secondary N) is 1. The van der Waals surface area contributed by atoms with E-state index in [4.69, 9.17) is 22.1 Å². The van der Waals surface area contributed by atoms with Gasteiger partial charge >= 0.3 is 0 Å². The number of primary amides is 1. The smallest absolute Gasteiger partial charge is 0.252 e. The SMILES string of the molecule is CCNCc1ccc(Cl)cc1Oc1ccccc1C(N)=O. The third-order valence-corrected chi connectivity index (χ3v) is 3.20. The summed E-state index contributed by atoms with van der Waals surface area (Å²) in [5.74, 6) is 0.503. The number of nitrogens with two attached hydrogens (primary N) is 1. The standard InChI is InChI=1S/C16H17ClN2O2/c1-2-19-10-11-7-8-12(17)9-15(11)21-14-6-4-3-5-13(14)16(18)20/h3-9,19H,2,10H2,1H3,(H2,18,20). The highest BCUT2D eigenvalue weighted by atomic mass is 35.5. The van der Waals surface area contributed by atoms with Crippen LogP contribution in [0.5, 0.6) is 11.5 Å². The van der Waals surface area contributed by atoms with E-state index in [1.807, 2.05) is 13.0 Å². The van der Waals surface area contributed by atoms with Gasteiger partial charge in [0.25, 0.3) is 5.91 Å². The van der Waals surface area contributed by atoms with Gasteiger partial charge in [0.2, 0.25) is 0 Å². The minimum Gasteiger partial charge on any atom is -0.456 e.